The molecular formula is C36H32Br2F2O4. The van der Waals surface area contributed by atoms with Crippen LogP contribution < -0.4 is 0 Å². The summed E-state index contributed by atoms with van der Waals surface area (Å²) in [6.07, 6.45) is 0.851. The smallest absolute Gasteiger partial charge is 0.317 e. The van der Waals surface area contributed by atoms with Gasteiger partial charge in [-0.1, -0.05) is 117 Å². The number of ether oxygens (including phenoxy) is 2. The Morgan fingerprint density at radius 1 is 0.568 bits per heavy atom. The number of carbonyl (C=O) groups excluding carboxylic acids is 2. The number of hydrogen-bond acceptors (Lipinski definition) is 4. The van der Waals surface area contributed by atoms with E-state index in [9.17, 15) is 18.4 Å². The maximum absolute atomic E-state index is 14.1. The first-order chi connectivity index (χ1) is 21.2. The molecule has 0 spiro atoms. The van der Waals surface area contributed by atoms with Gasteiger partial charge in [0.05, 0.1) is 14.2 Å². The van der Waals surface area contributed by atoms with Crippen molar-refractivity contribution in [3.63, 3.8) is 0 Å². The van der Waals surface area contributed by atoms with Gasteiger partial charge in [0.1, 0.15) is 24.2 Å². The zero-order chi connectivity index (χ0) is 31.6. The van der Waals surface area contributed by atoms with Crippen molar-refractivity contribution in [2.75, 3.05) is 27.6 Å². The SMILES string of the molecule is COC(=O)[C@@]1(c2ccc(Br)cc2)C[C@]1(CF)c1ccccc1.COC(=O)[C@@]1(c2ccc(Br)cc2)C[C@]1(CF)c1ccccc1. The monoisotopic (exact) mass is 724 g/mol. The third-order valence-corrected chi connectivity index (χ3v) is 10.4. The molecule has 0 aliphatic heterocycles. The van der Waals surface area contributed by atoms with Gasteiger partial charge >= 0.3 is 11.9 Å². The van der Waals surface area contributed by atoms with Gasteiger partial charge < -0.3 is 9.47 Å². The normalized spacial score (nSPS) is 26.5. The van der Waals surface area contributed by atoms with Crippen LogP contribution in [0, 0.1) is 0 Å². The summed E-state index contributed by atoms with van der Waals surface area (Å²) in [4.78, 5) is 25.1. The molecule has 0 aromatic heterocycles. The Hall–Kier alpha value is -3.36. The van der Waals surface area contributed by atoms with Gasteiger partial charge in [0.25, 0.3) is 0 Å². The quantitative estimate of drug-likeness (QED) is 0.172. The molecule has 4 nitrogen and oxygen atoms in total. The number of benzene rings is 4. The summed E-state index contributed by atoms with van der Waals surface area (Å²) in [5, 5.41) is 0. The summed E-state index contributed by atoms with van der Waals surface area (Å²) in [7, 11) is 2.71. The first-order valence-electron chi connectivity index (χ1n) is 14.1. The number of hydrogen-bond donors (Lipinski definition) is 0. The lowest BCUT2D eigenvalue weighted by molar-refractivity contribution is -0.145. The lowest BCUT2D eigenvalue weighted by Crippen LogP contribution is -2.33. The van der Waals surface area contributed by atoms with Gasteiger partial charge in [-0.3, -0.25) is 18.4 Å². The van der Waals surface area contributed by atoms with Crippen molar-refractivity contribution in [3.05, 3.63) is 140 Å². The Morgan fingerprint density at radius 3 is 1.16 bits per heavy atom. The van der Waals surface area contributed by atoms with Gasteiger partial charge in [-0.25, -0.2) is 0 Å². The standard InChI is InChI=1S/2C18H16BrFO2/c2*1-22-16(21)18(14-7-9-15(19)10-8-14)11-17(18,12-20)13-5-3-2-4-6-13/h2*2-10H,11-12H2,1H3/t2*17-,18-/m00/s1. The molecule has 2 saturated carbocycles. The summed E-state index contributed by atoms with van der Waals surface area (Å²) >= 11 is 6.77. The molecule has 4 aromatic carbocycles. The van der Waals surface area contributed by atoms with Crippen molar-refractivity contribution < 1.29 is 27.8 Å². The van der Waals surface area contributed by atoms with Gasteiger partial charge in [-0.15, -0.1) is 0 Å². The van der Waals surface area contributed by atoms with E-state index in [1.165, 1.54) is 14.2 Å². The van der Waals surface area contributed by atoms with Gasteiger partial charge in [-0.05, 0) is 59.4 Å². The Kier molecular flexibility index (Phi) is 9.15. The van der Waals surface area contributed by atoms with E-state index in [0.29, 0.717) is 12.8 Å². The molecule has 0 unspecified atom stereocenters. The van der Waals surface area contributed by atoms with Crippen LogP contribution in [0.1, 0.15) is 35.1 Å². The fraction of sp³-hybridized carbons (Fsp3) is 0.278. The first-order valence-corrected chi connectivity index (χ1v) is 15.7. The van der Waals surface area contributed by atoms with Crippen LogP contribution in [0.3, 0.4) is 0 Å². The van der Waals surface area contributed by atoms with Crippen LogP contribution in [0.5, 0.6) is 0 Å². The van der Waals surface area contributed by atoms with Gasteiger partial charge in [0, 0.05) is 19.8 Å². The Bertz CT molecular complexity index is 1490. The average molecular weight is 726 g/mol. The maximum atomic E-state index is 14.1. The Morgan fingerprint density at radius 2 is 0.886 bits per heavy atom. The molecule has 44 heavy (non-hydrogen) atoms. The van der Waals surface area contributed by atoms with Crippen LogP contribution in [0.4, 0.5) is 8.78 Å². The van der Waals surface area contributed by atoms with Crippen molar-refractivity contribution in [1.29, 1.82) is 0 Å². The molecule has 6 rings (SSSR count). The second-order valence-corrected chi connectivity index (χ2v) is 13.2. The summed E-state index contributed by atoms with van der Waals surface area (Å²) in [5.41, 5.74) is -0.300. The molecule has 0 amide bonds. The highest BCUT2D eigenvalue weighted by Crippen LogP contribution is 2.67. The molecule has 0 saturated heterocycles. The van der Waals surface area contributed by atoms with Crippen LogP contribution >= 0.6 is 31.9 Å². The van der Waals surface area contributed by atoms with E-state index in [0.717, 1.165) is 31.2 Å². The number of esters is 2. The summed E-state index contributed by atoms with van der Waals surface area (Å²) in [5.74, 6) is -0.757. The Balaban J connectivity index is 0.000000175. The minimum absolute atomic E-state index is 0.378. The number of carbonyl (C=O) groups is 2. The molecule has 0 heterocycles. The molecule has 2 aliphatic carbocycles. The minimum atomic E-state index is -0.946. The highest BCUT2D eigenvalue weighted by Gasteiger charge is 2.75. The fourth-order valence-corrected chi connectivity index (χ4v) is 7.38. The van der Waals surface area contributed by atoms with Crippen molar-refractivity contribution in [2.45, 2.75) is 34.5 Å². The van der Waals surface area contributed by atoms with E-state index in [-0.39, 0.29) is 11.9 Å². The van der Waals surface area contributed by atoms with Gasteiger partial charge in [-0.2, -0.15) is 0 Å². The molecule has 0 N–H and O–H groups in total. The highest BCUT2D eigenvalue weighted by molar-refractivity contribution is 9.10. The van der Waals surface area contributed by atoms with Crippen LogP contribution in [0.2, 0.25) is 0 Å². The topological polar surface area (TPSA) is 52.6 Å². The largest absolute Gasteiger partial charge is 0.468 e. The van der Waals surface area contributed by atoms with Crippen LogP contribution in [0.15, 0.2) is 118 Å². The van der Waals surface area contributed by atoms with Crippen molar-refractivity contribution >= 4 is 43.8 Å². The van der Waals surface area contributed by atoms with E-state index in [1.54, 1.807) is 0 Å². The lowest BCUT2D eigenvalue weighted by atomic mass is 9.82. The maximum Gasteiger partial charge on any atom is 0.317 e. The van der Waals surface area contributed by atoms with Crippen molar-refractivity contribution in [2.24, 2.45) is 0 Å². The molecule has 228 valence electrons. The van der Waals surface area contributed by atoms with Crippen LogP contribution in [-0.4, -0.2) is 39.5 Å². The third kappa shape index (κ3) is 5.00. The fourth-order valence-electron chi connectivity index (χ4n) is 6.85. The Labute approximate surface area is 273 Å². The molecule has 2 fully saturated rings. The molecule has 0 radical (unpaired) electrons. The van der Waals surface area contributed by atoms with Crippen molar-refractivity contribution in [3.8, 4) is 0 Å². The molecule has 4 atom stereocenters. The van der Waals surface area contributed by atoms with E-state index in [1.807, 2.05) is 109 Å². The number of methoxy groups -OCH3 is 2. The predicted molar refractivity (Wildman–Crippen MR) is 173 cm³/mol. The van der Waals surface area contributed by atoms with Crippen LogP contribution in [0.25, 0.3) is 0 Å². The molecule has 8 heteroatoms. The second-order valence-electron chi connectivity index (χ2n) is 11.3. The first kappa shape index (κ1) is 32.0. The van der Waals surface area contributed by atoms with Crippen LogP contribution in [-0.2, 0) is 40.7 Å². The summed E-state index contributed by atoms with van der Waals surface area (Å²) < 4.78 is 40.0. The molecule has 0 bridgehead atoms. The van der Waals surface area contributed by atoms with E-state index >= 15 is 0 Å². The zero-order valence-electron chi connectivity index (χ0n) is 24.4. The molecule has 4 aromatic rings. The van der Waals surface area contributed by atoms with E-state index < -0.39 is 35.0 Å². The van der Waals surface area contributed by atoms with Gasteiger partial charge in [0.2, 0.25) is 0 Å². The molecule has 2 aliphatic rings. The predicted octanol–water partition coefficient (Wildman–Crippen LogP) is 8.34. The minimum Gasteiger partial charge on any atom is -0.468 e. The van der Waals surface area contributed by atoms with Gasteiger partial charge in [0.15, 0.2) is 0 Å². The summed E-state index contributed by atoms with van der Waals surface area (Å²) in [6.45, 7) is -1.19. The molecular weight excluding hydrogens is 694 g/mol. The second kappa shape index (κ2) is 12.6. The van der Waals surface area contributed by atoms with E-state index in [4.69, 9.17) is 9.47 Å². The lowest BCUT2D eigenvalue weighted by Gasteiger charge is -2.23. The highest BCUT2D eigenvalue weighted by atomic mass is 79.9. The number of halogens is 4. The zero-order valence-corrected chi connectivity index (χ0v) is 27.5. The third-order valence-electron chi connectivity index (χ3n) is 9.37. The average Bonchev–Trinajstić information content (AvgIpc) is 3.98. The number of alkyl halides is 2. The number of rotatable bonds is 8. The van der Waals surface area contributed by atoms with E-state index in [2.05, 4.69) is 31.9 Å². The van der Waals surface area contributed by atoms with Crippen molar-refractivity contribution in [1.82, 2.24) is 0 Å². The summed E-state index contributed by atoms with van der Waals surface area (Å²) in [6, 6.07) is 33.7.